The predicted octanol–water partition coefficient (Wildman–Crippen LogP) is 7.06. The van der Waals surface area contributed by atoms with Crippen molar-refractivity contribution in [2.75, 3.05) is 5.43 Å². The number of furan rings is 1. The van der Waals surface area contributed by atoms with Gasteiger partial charge in [-0.1, -0.05) is 53.5 Å². The van der Waals surface area contributed by atoms with Crippen LogP contribution in [0, 0.1) is 0 Å². The molecule has 1 N–H and O–H groups in total. The fourth-order valence-corrected chi connectivity index (χ4v) is 3.23. The van der Waals surface area contributed by atoms with E-state index >= 15 is 0 Å². The molecule has 32 heavy (non-hydrogen) atoms. The van der Waals surface area contributed by atoms with Crippen molar-refractivity contribution >= 4 is 41.1 Å². The first kappa shape index (κ1) is 21.7. The second-order valence-corrected chi connectivity index (χ2v) is 7.67. The van der Waals surface area contributed by atoms with Crippen molar-refractivity contribution in [3.05, 3.63) is 112 Å². The molecule has 0 saturated carbocycles. The number of nitrogens with zero attached hydrogens (tertiary/aromatic N) is 1. The van der Waals surface area contributed by atoms with Crippen molar-refractivity contribution in [2.45, 2.75) is 6.61 Å². The molecule has 1 heterocycles. The molecular weight excluding hydrogens is 447 g/mol. The minimum absolute atomic E-state index is 0.102. The largest absolute Gasteiger partial charge is 0.457 e. The molecule has 0 spiro atoms. The van der Waals surface area contributed by atoms with Crippen molar-refractivity contribution in [1.29, 1.82) is 0 Å². The normalized spacial score (nSPS) is 10.9. The molecule has 5 nitrogen and oxygen atoms in total. The van der Waals surface area contributed by atoms with Gasteiger partial charge in [-0.25, -0.2) is 4.79 Å². The summed E-state index contributed by atoms with van der Waals surface area (Å²) >= 11 is 12.0. The number of carbonyl (C=O) groups excluding carboxylic acids is 1. The van der Waals surface area contributed by atoms with Gasteiger partial charge in [-0.3, -0.25) is 5.43 Å². The number of hydrogen-bond acceptors (Lipinski definition) is 5. The van der Waals surface area contributed by atoms with E-state index in [0.29, 0.717) is 27.1 Å². The summed E-state index contributed by atoms with van der Waals surface area (Å²) in [5.41, 5.74) is 5.64. The molecule has 0 aliphatic heterocycles. The van der Waals surface area contributed by atoms with Gasteiger partial charge in [-0.2, -0.15) is 5.10 Å². The molecule has 0 bridgehead atoms. The molecule has 1 aromatic heterocycles. The number of anilines is 1. The molecule has 0 fully saturated rings. The van der Waals surface area contributed by atoms with Crippen molar-refractivity contribution in [3.63, 3.8) is 0 Å². The first-order chi connectivity index (χ1) is 15.6. The molecule has 3 aromatic carbocycles. The third-order valence-corrected chi connectivity index (χ3v) is 5.18. The maximum absolute atomic E-state index is 12.5. The zero-order valence-electron chi connectivity index (χ0n) is 16.8. The Bertz CT molecular complexity index is 1250. The lowest BCUT2D eigenvalue weighted by molar-refractivity contribution is 0.0473. The van der Waals surface area contributed by atoms with Crippen LogP contribution < -0.4 is 5.43 Å². The zero-order chi connectivity index (χ0) is 22.3. The molecule has 0 aliphatic rings. The molecule has 7 heteroatoms. The lowest BCUT2D eigenvalue weighted by Crippen LogP contribution is -2.05. The van der Waals surface area contributed by atoms with Crippen molar-refractivity contribution in [1.82, 2.24) is 0 Å². The first-order valence-electron chi connectivity index (χ1n) is 9.74. The molecule has 160 valence electrons. The maximum Gasteiger partial charge on any atom is 0.338 e. The Hall–Kier alpha value is -3.54. The van der Waals surface area contributed by atoms with Crippen LogP contribution in [-0.4, -0.2) is 12.2 Å². The molecule has 0 atom stereocenters. The van der Waals surface area contributed by atoms with Crippen LogP contribution in [0.4, 0.5) is 5.69 Å². The highest BCUT2D eigenvalue weighted by molar-refractivity contribution is 6.31. The van der Waals surface area contributed by atoms with Gasteiger partial charge in [0.05, 0.1) is 17.5 Å². The Morgan fingerprint density at radius 2 is 1.78 bits per heavy atom. The number of ether oxygens (including phenoxy) is 1. The summed E-state index contributed by atoms with van der Waals surface area (Å²) in [5, 5.41) is 5.37. The smallest absolute Gasteiger partial charge is 0.338 e. The summed E-state index contributed by atoms with van der Waals surface area (Å²) in [4.78, 5) is 12.5. The topological polar surface area (TPSA) is 63.8 Å². The number of hydrazone groups is 1. The van der Waals surface area contributed by atoms with E-state index in [4.69, 9.17) is 32.4 Å². The van der Waals surface area contributed by atoms with Gasteiger partial charge in [0, 0.05) is 21.2 Å². The lowest BCUT2D eigenvalue weighted by atomic mass is 10.1. The van der Waals surface area contributed by atoms with Crippen LogP contribution >= 0.6 is 23.2 Å². The van der Waals surface area contributed by atoms with E-state index in [1.165, 1.54) is 0 Å². The molecule has 0 unspecified atom stereocenters. The van der Waals surface area contributed by atoms with E-state index in [1.807, 2.05) is 42.5 Å². The van der Waals surface area contributed by atoms with Crippen LogP contribution in [0.25, 0.3) is 11.3 Å². The molecule has 4 aromatic rings. The van der Waals surface area contributed by atoms with Crippen LogP contribution in [0.15, 0.2) is 94.4 Å². The van der Waals surface area contributed by atoms with E-state index in [9.17, 15) is 4.79 Å². The fraction of sp³-hybridized carbons (Fsp3) is 0.0400. The van der Waals surface area contributed by atoms with Crippen LogP contribution in [0.5, 0.6) is 0 Å². The molecule has 0 amide bonds. The summed E-state index contributed by atoms with van der Waals surface area (Å²) in [6.45, 7) is 0.102. The molecule has 0 radical (unpaired) electrons. The highest BCUT2D eigenvalue weighted by Gasteiger charge is 2.11. The summed E-state index contributed by atoms with van der Waals surface area (Å²) in [6, 6.07) is 25.1. The number of rotatable bonds is 7. The predicted molar refractivity (Wildman–Crippen MR) is 127 cm³/mol. The highest BCUT2D eigenvalue weighted by atomic mass is 35.5. The van der Waals surface area contributed by atoms with Gasteiger partial charge in [-0.05, 0) is 54.6 Å². The average molecular weight is 465 g/mol. The van der Waals surface area contributed by atoms with Gasteiger partial charge < -0.3 is 9.15 Å². The number of nitrogens with one attached hydrogen (secondary N) is 1. The quantitative estimate of drug-likeness (QED) is 0.180. The summed E-state index contributed by atoms with van der Waals surface area (Å²) in [6.07, 6.45) is 1.57. The van der Waals surface area contributed by atoms with Crippen molar-refractivity contribution in [2.24, 2.45) is 5.10 Å². The van der Waals surface area contributed by atoms with Crippen LogP contribution in [0.3, 0.4) is 0 Å². The minimum Gasteiger partial charge on any atom is -0.457 e. The van der Waals surface area contributed by atoms with Crippen molar-refractivity contribution in [3.8, 4) is 11.3 Å². The fourth-order valence-electron chi connectivity index (χ4n) is 2.91. The maximum atomic E-state index is 12.5. The SMILES string of the molecule is O=C(OCc1ccccc1Cl)c1cccc(-c2ccc(C=NNc3ccc(Cl)cc3)o2)c1. The van der Waals surface area contributed by atoms with Gasteiger partial charge in [0.2, 0.25) is 0 Å². The van der Waals surface area contributed by atoms with Gasteiger partial charge >= 0.3 is 5.97 Å². The standard InChI is InChI=1S/C25H18Cl2N2O3/c26-20-8-10-21(11-9-20)29-28-15-22-12-13-24(32-22)17-5-3-6-18(14-17)25(30)31-16-19-4-1-2-7-23(19)27/h1-15,29H,16H2. The zero-order valence-corrected chi connectivity index (χ0v) is 18.3. The lowest BCUT2D eigenvalue weighted by Gasteiger charge is -2.07. The Labute approximate surface area is 195 Å². The molecular formula is C25H18Cl2N2O3. The summed E-state index contributed by atoms with van der Waals surface area (Å²) in [7, 11) is 0. The third-order valence-electron chi connectivity index (χ3n) is 4.56. The first-order valence-corrected chi connectivity index (χ1v) is 10.5. The molecule has 4 rings (SSSR count). The second-order valence-electron chi connectivity index (χ2n) is 6.83. The minimum atomic E-state index is -0.438. The Morgan fingerprint density at radius 1 is 0.969 bits per heavy atom. The van der Waals surface area contributed by atoms with E-state index in [-0.39, 0.29) is 6.61 Å². The number of benzene rings is 3. The van der Waals surface area contributed by atoms with Gasteiger partial charge in [0.15, 0.2) is 0 Å². The average Bonchev–Trinajstić information content (AvgIpc) is 3.29. The summed E-state index contributed by atoms with van der Waals surface area (Å²) in [5.74, 6) is 0.735. The number of halogens is 2. The van der Waals surface area contributed by atoms with Gasteiger partial charge in [-0.15, -0.1) is 0 Å². The van der Waals surface area contributed by atoms with Crippen LogP contribution in [0.1, 0.15) is 21.7 Å². The van der Waals surface area contributed by atoms with Crippen LogP contribution in [0.2, 0.25) is 10.0 Å². The Morgan fingerprint density at radius 3 is 2.59 bits per heavy atom. The third kappa shape index (κ3) is 5.58. The highest BCUT2D eigenvalue weighted by Crippen LogP contribution is 2.24. The van der Waals surface area contributed by atoms with Crippen LogP contribution in [-0.2, 0) is 11.3 Å². The number of carbonyl (C=O) groups is 1. The van der Waals surface area contributed by atoms with E-state index in [0.717, 1.165) is 16.8 Å². The Balaban J connectivity index is 1.40. The van der Waals surface area contributed by atoms with E-state index < -0.39 is 5.97 Å². The second kappa shape index (κ2) is 10.2. The Kier molecular flexibility index (Phi) is 6.90. The molecule has 0 saturated heterocycles. The van der Waals surface area contributed by atoms with E-state index in [1.54, 1.807) is 48.7 Å². The molecule has 0 aliphatic carbocycles. The van der Waals surface area contributed by atoms with E-state index in [2.05, 4.69) is 10.5 Å². The summed E-state index contributed by atoms with van der Waals surface area (Å²) < 4.78 is 11.2. The monoisotopic (exact) mass is 464 g/mol. The van der Waals surface area contributed by atoms with Crippen molar-refractivity contribution < 1.29 is 13.9 Å². The van der Waals surface area contributed by atoms with Gasteiger partial charge in [0.1, 0.15) is 18.1 Å². The number of hydrogen-bond donors (Lipinski definition) is 1. The van der Waals surface area contributed by atoms with Gasteiger partial charge in [0.25, 0.3) is 0 Å². The number of esters is 1.